The molecule has 0 amide bonds. The van der Waals surface area contributed by atoms with Gasteiger partial charge in [0, 0.05) is 18.1 Å². The van der Waals surface area contributed by atoms with E-state index in [1.54, 1.807) is 6.08 Å². The summed E-state index contributed by atoms with van der Waals surface area (Å²) in [7, 11) is 0. The number of fused-ring (bicyclic) bond motifs is 1. The summed E-state index contributed by atoms with van der Waals surface area (Å²) in [6, 6.07) is 15.9. The summed E-state index contributed by atoms with van der Waals surface area (Å²) in [5.41, 5.74) is 3.52. The lowest BCUT2D eigenvalue weighted by Crippen LogP contribution is -2.07. The molecule has 0 aliphatic heterocycles. The highest BCUT2D eigenvalue weighted by atomic mass is 16.5. The van der Waals surface area contributed by atoms with Crippen LogP contribution in [0.4, 0.5) is 0 Å². The first-order chi connectivity index (χ1) is 10.2. The molecule has 1 aliphatic rings. The number of para-hydroxylation sites is 1. The third kappa shape index (κ3) is 3.22. The summed E-state index contributed by atoms with van der Waals surface area (Å²) < 4.78 is 5.97. The fourth-order valence-corrected chi connectivity index (χ4v) is 2.62. The fraction of sp³-hybridized carbons (Fsp3) is 0.211. The Morgan fingerprint density at radius 2 is 1.81 bits per heavy atom. The third-order valence-electron chi connectivity index (χ3n) is 3.66. The van der Waals surface area contributed by atoms with E-state index >= 15 is 0 Å². The molecule has 0 N–H and O–H groups in total. The minimum atomic E-state index is 0.132. The normalized spacial score (nSPS) is 14.7. The van der Waals surface area contributed by atoms with E-state index in [4.69, 9.17) is 4.74 Å². The van der Waals surface area contributed by atoms with Crippen LogP contribution in [0.5, 0.6) is 5.75 Å². The molecule has 0 fully saturated rings. The SMILES string of the molecule is Cc1ccc2c(c1)CCCC(=O)C=C2Oc1ccccc1. The Balaban J connectivity index is 2.03. The van der Waals surface area contributed by atoms with Crippen LogP contribution in [0.3, 0.4) is 0 Å². The largest absolute Gasteiger partial charge is 0.457 e. The highest BCUT2D eigenvalue weighted by Gasteiger charge is 2.15. The molecule has 0 unspecified atom stereocenters. The zero-order chi connectivity index (χ0) is 14.7. The lowest BCUT2D eigenvalue weighted by atomic mass is 9.94. The van der Waals surface area contributed by atoms with Crippen LogP contribution in [0.1, 0.15) is 29.5 Å². The maximum Gasteiger partial charge on any atom is 0.159 e. The van der Waals surface area contributed by atoms with E-state index in [9.17, 15) is 4.79 Å². The van der Waals surface area contributed by atoms with E-state index in [0.717, 1.165) is 24.2 Å². The predicted molar refractivity (Wildman–Crippen MR) is 84.2 cm³/mol. The van der Waals surface area contributed by atoms with Gasteiger partial charge in [0.2, 0.25) is 0 Å². The molecule has 106 valence electrons. The minimum Gasteiger partial charge on any atom is -0.457 e. The van der Waals surface area contributed by atoms with E-state index in [1.807, 2.05) is 30.3 Å². The Bertz CT molecular complexity index is 684. The van der Waals surface area contributed by atoms with Gasteiger partial charge in [0.15, 0.2) is 5.78 Å². The van der Waals surface area contributed by atoms with Crippen molar-refractivity contribution >= 4 is 11.5 Å². The van der Waals surface area contributed by atoms with Crippen molar-refractivity contribution in [1.82, 2.24) is 0 Å². The molecule has 0 spiro atoms. The first-order valence-corrected chi connectivity index (χ1v) is 7.30. The van der Waals surface area contributed by atoms with E-state index < -0.39 is 0 Å². The van der Waals surface area contributed by atoms with Gasteiger partial charge < -0.3 is 4.74 Å². The monoisotopic (exact) mass is 278 g/mol. The first kappa shape index (κ1) is 13.6. The second-order valence-corrected chi connectivity index (χ2v) is 5.40. The summed E-state index contributed by atoms with van der Waals surface area (Å²) in [6.45, 7) is 2.09. The number of carbonyl (C=O) groups excluding carboxylic acids is 1. The highest BCUT2D eigenvalue weighted by molar-refractivity contribution is 5.96. The average Bonchev–Trinajstić information content (AvgIpc) is 2.46. The van der Waals surface area contributed by atoms with Crippen molar-refractivity contribution in [3.63, 3.8) is 0 Å². The zero-order valence-corrected chi connectivity index (χ0v) is 12.1. The molecule has 0 saturated heterocycles. The molecule has 1 aliphatic carbocycles. The maximum atomic E-state index is 12.0. The molecule has 2 aromatic carbocycles. The van der Waals surface area contributed by atoms with Crippen LogP contribution in [-0.4, -0.2) is 5.78 Å². The van der Waals surface area contributed by atoms with Crippen molar-refractivity contribution in [2.45, 2.75) is 26.2 Å². The van der Waals surface area contributed by atoms with Crippen molar-refractivity contribution in [3.05, 3.63) is 71.3 Å². The topological polar surface area (TPSA) is 26.3 Å². The molecule has 21 heavy (non-hydrogen) atoms. The van der Waals surface area contributed by atoms with Gasteiger partial charge in [-0.25, -0.2) is 0 Å². The molecule has 0 bridgehead atoms. The van der Waals surface area contributed by atoms with Crippen LogP contribution in [0.2, 0.25) is 0 Å². The fourth-order valence-electron chi connectivity index (χ4n) is 2.62. The molecule has 0 saturated carbocycles. The van der Waals surface area contributed by atoms with Gasteiger partial charge in [0.05, 0.1) is 0 Å². The molecule has 2 aromatic rings. The van der Waals surface area contributed by atoms with Gasteiger partial charge in [-0.2, -0.15) is 0 Å². The first-order valence-electron chi connectivity index (χ1n) is 7.30. The van der Waals surface area contributed by atoms with Crippen LogP contribution in [0.25, 0.3) is 5.76 Å². The number of hydrogen-bond donors (Lipinski definition) is 0. The van der Waals surface area contributed by atoms with Crippen LogP contribution < -0.4 is 4.74 Å². The number of aryl methyl sites for hydroxylation is 2. The molecule has 0 radical (unpaired) electrons. The van der Waals surface area contributed by atoms with Gasteiger partial charge >= 0.3 is 0 Å². The van der Waals surface area contributed by atoms with E-state index in [0.29, 0.717) is 12.2 Å². The number of carbonyl (C=O) groups is 1. The van der Waals surface area contributed by atoms with E-state index in [-0.39, 0.29) is 5.78 Å². The Morgan fingerprint density at radius 3 is 2.62 bits per heavy atom. The average molecular weight is 278 g/mol. The summed E-state index contributed by atoms with van der Waals surface area (Å²) in [5, 5.41) is 0. The number of benzene rings is 2. The predicted octanol–water partition coefficient (Wildman–Crippen LogP) is 4.32. The van der Waals surface area contributed by atoms with Crippen molar-refractivity contribution in [3.8, 4) is 5.75 Å². The quantitative estimate of drug-likeness (QED) is 0.817. The second-order valence-electron chi connectivity index (χ2n) is 5.40. The Labute approximate surface area is 125 Å². The van der Waals surface area contributed by atoms with Crippen LogP contribution in [-0.2, 0) is 11.2 Å². The van der Waals surface area contributed by atoms with Crippen molar-refractivity contribution in [2.75, 3.05) is 0 Å². The Hall–Kier alpha value is -2.35. The van der Waals surface area contributed by atoms with Gasteiger partial charge in [0.25, 0.3) is 0 Å². The number of ketones is 1. The van der Waals surface area contributed by atoms with Crippen LogP contribution in [0, 0.1) is 6.92 Å². The second kappa shape index (κ2) is 5.96. The summed E-state index contributed by atoms with van der Waals surface area (Å²) in [5.74, 6) is 1.54. The van der Waals surface area contributed by atoms with Crippen molar-refractivity contribution in [2.24, 2.45) is 0 Å². The maximum absolute atomic E-state index is 12.0. The zero-order valence-electron chi connectivity index (χ0n) is 12.1. The smallest absolute Gasteiger partial charge is 0.159 e. The van der Waals surface area contributed by atoms with Crippen molar-refractivity contribution in [1.29, 1.82) is 0 Å². The number of hydrogen-bond acceptors (Lipinski definition) is 2. The lowest BCUT2D eigenvalue weighted by molar-refractivity contribution is -0.114. The molecule has 0 atom stereocenters. The molecule has 2 nitrogen and oxygen atoms in total. The number of ether oxygens (including phenoxy) is 1. The minimum absolute atomic E-state index is 0.132. The van der Waals surface area contributed by atoms with Gasteiger partial charge in [-0.15, -0.1) is 0 Å². The summed E-state index contributed by atoms with van der Waals surface area (Å²) >= 11 is 0. The molecule has 0 aromatic heterocycles. The molecule has 3 rings (SSSR count). The number of allylic oxidation sites excluding steroid dienone is 1. The summed E-state index contributed by atoms with van der Waals surface area (Å²) in [4.78, 5) is 12.0. The standard InChI is InChI=1S/C19H18O2/c1-14-10-11-18-15(12-14)6-5-7-16(20)13-19(18)21-17-8-3-2-4-9-17/h2-4,8-13H,5-7H2,1H3. The number of rotatable bonds is 2. The van der Waals surface area contributed by atoms with E-state index in [1.165, 1.54) is 11.1 Å². The van der Waals surface area contributed by atoms with E-state index in [2.05, 4.69) is 25.1 Å². The highest BCUT2D eigenvalue weighted by Crippen LogP contribution is 2.27. The Kier molecular flexibility index (Phi) is 3.87. The molecule has 2 heteroatoms. The Morgan fingerprint density at radius 1 is 1.00 bits per heavy atom. The van der Waals surface area contributed by atoms with Gasteiger partial charge in [-0.05, 0) is 37.5 Å². The van der Waals surface area contributed by atoms with Crippen LogP contribution in [0.15, 0.2) is 54.6 Å². The van der Waals surface area contributed by atoms with Crippen LogP contribution >= 0.6 is 0 Å². The van der Waals surface area contributed by atoms with Gasteiger partial charge in [0.1, 0.15) is 11.5 Å². The molecule has 0 heterocycles. The molecular formula is C19H18O2. The van der Waals surface area contributed by atoms with Gasteiger partial charge in [-0.3, -0.25) is 4.79 Å². The summed E-state index contributed by atoms with van der Waals surface area (Å²) in [6.07, 6.45) is 4.03. The lowest BCUT2D eigenvalue weighted by Gasteiger charge is -2.17. The van der Waals surface area contributed by atoms with Crippen molar-refractivity contribution < 1.29 is 9.53 Å². The van der Waals surface area contributed by atoms with Gasteiger partial charge in [-0.1, -0.05) is 42.0 Å². The molecular weight excluding hydrogens is 260 g/mol. The third-order valence-corrected chi connectivity index (χ3v) is 3.66.